The SMILES string of the molecule is CN(C(=O)Cc1c(-c2ccc(OCC[18F])cc2)nc2c(Cl)cc(Cl)cn12)c1ccccc1. The third-order valence-corrected chi connectivity index (χ3v) is 5.54. The lowest BCUT2D eigenvalue weighted by Gasteiger charge is -2.17. The molecular weight excluding hydrogens is 451 g/mol. The Morgan fingerprint density at radius 2 is 1.84 bits per heavy atom. The summed E-state index contributed by atoms with van der Waals surface area (Å²) in [5.74, 6) is 0.441. The molecule has 2 aromatic carbocycles. The van der Waals surface area contributed by atoms with E-state index < -0.39 is 6.67 Å². The summed E-state index contributed by atoms with van der Waals surface area (Å²) in [6.45, 7) is -0.567. The van der Waals surface area contributed by atoms with E-state index in [0.717, 1.165) is 11.3 Å². The molecule has 32 heavy (non-hydrogen) atoms. The zero-order valence-electron chi connectivity index (χ0n) is 17.3. The van der Waals surface area contributed by atoms with Crippen LogP contribution in [0.3, 0.4) is 0 Å². The molecule has 5 nitrogen and oxygen atoms in total. The molecule has 8 heteroatoms. The summed E-state index contributed by atoms with van der Waals surface area (Å²) >= 11 is 12.6. The highest BCUT2D eigenvalue weighted by Gasteiger charge is 2.21. The van der Waals surface area contributed by atoms with Crippen molar-refractivity contribution in [2.45, 2.75) is 6.42 Å². The Labute approximate surface area is 195 Å². The summed E-state index contributed by atoms with van der Waals surface area (Å²) in [5.41, 5.74) is 3.35. The Hall–Kier alpha value is -3.09. The van der Waals surface area contributed by atoms with Gasteiger partial charge in [-0.15, -0.1) is 0 Å². The number of hydrogen-bond donors (Lipinski definition) is 0. The summed E-state index contributed by atoms with van der Waals surface area (Å²) in [7, 11) is 1.73. The highest BCUT2D eigenvalue weighted by Crippen LogP contribution is 2.31. The molecule has 0 N–H and O–H groups in total. The predicted octanol–water partition coefficient (Wildman–Crippen LogP) is 5.86. The molecule has 0 atom stereocenters. The van der Waals surface area contributed by atoms with Crippen molar-refractivity contribution in [1.82, 2.24) is 9.38 Å². The number of rotatable bonds is 7. The van der Waals surface area contributed by atoms with Gasteiger partial charge in [-0.2, -0.15) is 0 Å². The molecule has 0 fully saturated rings. The van der Waals surface area contributed by atoms with E-state index in [1.807, 2.05) is 42.5 Å². The monoisotopic (exact) mass is 470 g/mol. The smallest absolute Gasteiger partial charge is 0.232 e. The number of fused-ring (bicyclic) bond motifs is 1. The van der Waals surface area contributed by atoms with Gasteiger partial charge in [0.2, 0.25) is 5.91 Å². The Bertz CT molecular complexity index is 1240. The summed E-state index contributed by atoms with van der Waals surface area (Å²) in [6.07, 6.45) is 1.78. The third kappa shape index (κ3) is 4.56. The van der Waals surface area contributed by atoms with Gasteiger partial charge in [0.25, 0.3) is 0 Å². The fourth-order valence-corrected chi connectivity index (χ4v) is 3.96. The van der Waals surface area contributed by atoms with Gasteiger partial charge < -0.3 is 14.0 Å². The van der Waals surface area contributed by atoms with Crippen molar-refractivity contribution in [1.29, 1.82) is 0 Å². The molecule has 0 aliphatic heterocycles. The van der Waals surface area contributed by atoms with Gasteiger partial charge in [0.1, 0.15) is 19.0 Å². The Kier molecular flexibility index (Phi) is 6.63. The topological polar surface area (TPSA) is 46.8 Å². The van der Waals surface area contributed by atoms with Crippen molar-refractivity contribution in [3.8, 4) is 17.0 Å². The third-order valence-electron chi connectivity index (χ3n) is 5.05. The molecule has 0 spiro atoms. The number of carbonyl (C=O) groups excluding carboxylic acids is 1. The number of halogens is 3. The van der Waals surface area contributed by atoms with Crippen molar-refractivity contribution in [2.24, 2.45) is 0 Å². The normalized spacial score (nSPS) is 11.0. The number of aromatic nitrogens is 2. The fraction of sp³-hybridized carbons (Fsp3) is 0.167. The molecule has 0 aliphatic carbocycles. The zero-order valence-corrected chi connectivity index (χ0v) is 18.8. The predicted molar refractivity (Wildman–Crippen MR) is 126 cm³/mol. The number of likely N-dealkylation sites (N-methyl/N-ethyl adjacent to an activating group) is 1. The van der Waals surface area contributed by atoms with E-state index in [0.29, 0.717) is 32.8 Å². The summed E-state index contributed by atoms with van der Waals surface area (Å²) < 4.78 is 19.4. The zero-order chi connectivity index (χ0) is 22.7. The summed E-state index contributed by atoms with van der Waals surface area (Å²) in [6, 6.07) is 18.1. The lowest BCUT2D eigenvalue weighted by molar-refractivity contribution is -0.117. The maximum absolute atomic E-state index is 13.1. The van der Waals surface area contributed by atoms with Crippen LogP contribution in [0.15, 0.2) is 66.9 Å². The van der Waals surface area contributed by atoms with Crippen molar-refractivity contribution in [3.63, 3.8) is 0 Å². The Balaban J connectivity index is 1.75. The number of pyridine rings is 1. The van der Waals surface area contributed by atoms with E-state index >= 15 is 0 Å². The molecule has 0 unspecified atom stereocenters. The largest absolute Gasteiger partial charge is 0.491 e. The molecule has 0 bridgehead atoms. The van der Waals surface area contributed by atoms with Crippen LogP contribution in [0.1, 0.15) is 5.69 Å². The molecule has 1 amide bonds. The summed E-state index contributed by atoms with van der Waals surface area (Å²) in [4.78, 5) is 19.4. The van der Waals surface area contributed by atoms with Gasteiger partial charge in [-0.25, -0.2) is 9.37 Å². The summed E-state index contributed by atoms with van der Waals surface area (Å²) in [5, 5.41) is 0.822. The molecule has 2 aromatic heterocycles. The molecule has 0 radical (unpaired) electrons. The average molecular weight is 471 g/mol. The molecule has 0 saturated carbocycles. The standard InChI is InChI=1S/C24H20Cl2FN3O2/c1-29(18-5-3-2-4-6-18)22(31)14-21-23(16-7-9-19(10-8-16)32-12-11-27)28-24-20(26)13-17(25)15-30(21)24/h2-10,13,15H,11-12,14H2,1H3/i27-1. The number of nitrogens with zero attached hydrogens (tertiary/aromatic N) is 3. The second-order valence-corrected chi connectivity index (χ2v) is 7.98. The second kappa shape index (κ2) is 9.59. The first-order valence-electron chi connectivity index (χ1n) is 9.94. The molecule has 4 aromatic rings. The van der Waals surface area contributed by atoms with Crippen molar-refractivity contribution in [2.75, 3.05) is 25.2 Å². The number of amides is 1. The van der Waals surface area contributed by atoms with Crippen LogP contribution in [0.2, 0.25) is 10.0 Å². The van der Waals surface area contributed by atoms with E-state index in [1.54, 1.807) is 40.7 Å². The highest BCUT2D eigenvalue weighted by atomic mass is 35.5. The van der Waals surface area contributed by atoms with Crippen molar-refractivity contribution < 1.29 is 13.9 Å². The van der Waals surface area contributed by atoms with Crippen LogP contribution < -0.4 is 9.64 Å². The highest BCUT2D eigenvalue weighted by molar-refractivity contribution is 6.36. The van der Waals surface area contributed by atoms with Gasteiger partial charge in [-0.05, 0) is 42.5 Å². The van der Waals surface area contributed by atoms with Crippen LogP contribution in [0.4, 0.5) is 10.1 Å². The van der Waals surface area contributed by atoms with E-state index in [2.05, 4.69) is 0 Å². The van der Waals surface area contributed by atoms with Crippen molar-refractivity contribution >= 4 is 40.4 Å². The van der Waals surface area contributed by atoms with E-state index in [-0.39, 0.29) is 18.9 Å². The number of alkyl halides is 1. The number of para-hydroxylation sites is 1. The van der Waals surface area contributed by atoms with Gasteiger partial charge in [0, 0.05) is 24.5 Å². The number of ether oxygens (including phenoxy) is 1. The molecular formula is C24H20Cl2FN3O2. The minimum atomic E-state index is -0.561. The fourth-order valence-electron chi connectivity index (χ4n) is 3.44. The first-order valence-corrected chi connectivity index (χ1v) is 10.7. The van der Waals surface area contributed by atoms with Gasteiger partial charge >= 0.3 is 0 Å². The van der Waals surface area contributed by atoms with Crippen LogP contribution in [-0.4, -0.2) is 35.6 Å². The van der Waals surface area contributed by atoms with Crippen LogP contribution in [0.25, 0.3) is 16.9 Å². The number of imidazole rings is 1. The Morgan fingerprint density at radius 3 is 2.53 bits per heavy atom. The maximum Gasteiger partial charge on any atom is 0.232 e. The minimum absolute atomic E-state index is 0.00656. The number of carbonyl (C=O) groups is 1. The molecule has 0 saturated heterocycles. The Morgan fingerprint density at radius 1 is 1.12 bits per heavy atom. The first-order chi connectivity index (χ1) is 15.5. The van der Waals surface area contributed by atoms with Crippen LogP contribution in [0, 0.1) is 0 Å². The van der Waals surface area contributed by atoms with Crippen LogP contribution >= 0.6 is 23.2 Å². The van der Waals surface area contributed by atoms with Crippen molar-refractivity contribution in [3.05, 3.63) is 82.6 Å². The minimum Gasteiger partial charge on any atom is -0.491 e. The molecule has 0 aliphatic rings. The lowest BCUT2D eigenvalue weighted by Crippen LogP contribution is -2.28. The number of hydrogen-bond acceptors (Lipinski definition) is 3. The van der Waals surface area contributed by atoms with Gasteiger partial charge in [-0.1, -0.05) is 41.4 Å². The van der Waals surface area contributed by atoms with E-state index in [9.17, 15) is 9.18 Å². The molecule has 164 valence electrons. The van der Waals surface area contributed by atoms with Gasteiger partial charge in [0.05, 0.1) is 27.9 Å². The van der Waals surface area contributed by atoms with Crippen LogP contribution in [0.5, 0.6) is 5.75 Å². The molecule has 4 rings (SSSR count). The van der Waals surface area contributed by atoms with E-state index in [4.69, 9.17) is 32.9 Å². The second-order valence-electron chi connectivity index (χ2n) is 7.13. The average Bonchev–Trinajstić information content (AvgIpc) is 3.16. The molecule has 2 heterocycles. The first kappa shape index (κ1) is 22.1. The number of benzene rings is 2. The maximum atomic E-state index is 13.1. The number of anilines is 1. The lowest BCUT2D eigenvalue weighted by atomic mass is 10.1. The van der Waals surface area contributed by atoms with E-state index in [1.165, 1.54) is 0 Å². The van der Waals surface area contributed by atoms with Crippen LogP contribution in [-0.2, 0) is 11.2 Å². The van der Waals surface area contributed by atoms with Gasteiger partial charge in [0.15, 0.2) is 5.65 Å². The quantitative estimate of drug-likeness (QED) is 0.339. The van der Waals surface area contributed by atoms with Gasteiger partial charge in [-0.3, -0.25) is 4.79 Å².